The van der Waals surface area contributed by atoms with Gasteiger partial charge in [-0.25, -0.2) is 9.97 Å². The zero-order valence-corrected chi connectivity index (χ0v) is 13.7. The van der Waals surface area contributed by atoms with Gasteiger partial charge in [-0.3, -0.25) is 0 Å². The van der Waals surface area contributed by atoms with Crippen LogP contribution in [0.15, 0.2) is 37.4 Å². The molecule has 0 aliphatic heterocycles. The fourth-order valence-electron chi connectivity index (χ4n) is 3.02. The minimum absolute atomic E-state index is 0.859. The lowest BCUT2D eigenvalue weighted by Gasteiger charge is -2.21. The summed E-state index contributed by atoms with van der Waals surface area (Å²) in [6.07, 6.45) is 11.5. The molecular weight excluding hydrogens is 272 g/mol. The highest BCUT2D eigenvalue weighted by Crippen LogP contribution is 2.28. The van der Waals surface area contributed by atoms with E-state index in [0.717, 1.165) is 13.1 Å². The number of hydrogen-bond acceptors (Lipinski definition) is 2. The Kier molecular flexibility index (Phi) is 3.84. The van der Waals surface area contributed by atoms with Crippen molar-refractivity contribution < 1.29 is 0 Å². The highest BCUT2D eigenvalue weighted by Gasteiger charge is 2.15. The molecule has 0 spiro atoms. The smallest absolute Gasteiger partial charge is 0.0949 e. The second-order valence-corrected chi connectivity index (χ2v) is 5.93. The number of rotatable bonds is 4. The molecule has 0 radical (unpaired) electrons. The molecule has 0 saturated carbocycles. The minimum atomic E-state index is 0.859. The van der Waals surface area contributed by atoms with Gasteiger partial charge in [0.15, 0.2) is 0 Å². The summed E-state index contributed by atoms with van der Waals surface area (Å²) < 4.78 is 4.27. The quantitative estimate of drug-likeness (QED) is 0.739. The van der Waals surface area contributed by atoms with Crippen LogP contribution in [-0.2, 0) is 13.1 Å². The Labute approximate surface area is 131 Å². The summed E-state index contributed by atoms with van der Waals surface area (Å²) in [5, 5.41) is 0. The van der Waals surface area contributed by atoms with E-state index in [1.165, 1.54) is 33.4 Å². The first-order valence-electron chi connectivity index (χ1n) is 7.57. The van der Waals surface area contributed by atoms with E-state index in [0.29, 0.717) is 0 Å². The molecule has 0 fully saturated rings. The van der Waals surface area contributed by atoms with Crippen LogP contribution >= 0.6 is 0 Å². The van der Waals surface area contributed by atoms with E-state index in [-0.39, 0.29) is 0 Å². The van der Waals surface area contributed by atoms with Gasteiger partial charge in [0.25, 0.3) is 0 Å². The first-order chi connectivity index (χ1) is 10.6. The molecule has 0 unspecified atom stereocenters. The lowest BCUT2D eigenvalue weighted by atomic mass is 9.88. The van der Waals surface area contributed by atoms with Crippen molar-refractivity contribution in [1.82, 2.24) is 19.1 Å². The fraction of sp³-hybridized carbons (Fsp3) is 0.333. The van der Waals surface area contributed by atoms with Crippen molar-refractivity contribution in [3.8, 4) is 0 Å². The molecule has 0 amide bonds. The van der Waals surface area contributed by atoms with Crippen molar-refractivity contribution in [2.75, 3.05) is 0 Å². The predicted molar refractivity (Wildman–Crippen MR) is 88.0 cm³/mol. The molecule has 0 atom stereocenters. The van der Waals surface area contributed by atoms with Gasteiger partial charge in [-0.05, 0) is 61.1 Å². The van der Waals surface area contributed by atoms with Gasteiger partial charge < -0.3 is 9.13 Å². The first-order valence-corrected chi connectivity index (χ1v) is 7.57. The SMILES string of the molecule is Cc1c(C)c(C)c(Cn2ccnc2)c(Cn2ccnc2)c1C. The monoisotopic (exact) mass is 294 g/mol. The van der Waals surface area contributed by atoms with E-state index in [1.54, 1.807) is 0 Å². The number of aromatic nitrogens is 4. The molecule has 4 heteroatoms. The van der Waals surface area contributed by atoms with Crippen molar-refractivity contribution in [3.63, 3.8) is 0 Å². The van der Waals surface area contributed by atoms with Gasteiger partial charge in [0.1, 0.15) is 0 Å². The summed E-state index contributed by atoms with van der Waals surface area (Å²) in [4.78, 5) is 8.33. The molecule has 0 aliphatic rings. The molecule has 0 bridgehead atoms. The van der Waals surface area contributed by atoms with Gasteiger partial charge in [0.2, 0.25) is 0 Å². The Morgan fingerprint density at radius 1 is 0.682 bits per heavy atom. The zero-order chi connectivity index (χ0) is 15.7. The summed E-state index contributed by atoms with van der Waals surface area (Å²) in [6, 6.07) is 0. The van der Waals surface area contributed by atoms with E-state index < -0.39 is 0 Å². The van der Waals surface area contributed by atoms with Gasteiger partial charge in [-0.1, -0.05) is 0 Å². The Morgan fingerprint density at radius 3 is 1.41 bits per heavy atom. The molecule has 114 valence electrons. The second-order valence-electron chi connectivity index (χ2n) is 5.93. The topological polar surface area (TPSA) is 35.6 Å². The van der Waals surface area contributed by atoms with Gasteiger partial charge in [0.05, 0.1) is 12.7 Å². The van der Waals surface area contributed by atoms with Crippen molar-refractivity contribution in [3.05, 3.63) is 70.8 Å². The highest BCUT2D eigenvalue weighted by molar-refractivity contribution is 5.50. The summed E-state index contributed by atoms with van der Waals surface area (Å²) in [7, 11) is 0. The van der Waals surface area contributed by atoms with Crippen LogP contribution in [0.4, 0.5) is 0 Å². The Balaban J connectivity index is 2.12. The maximum atomic E-state index is 4.16. The van der Waals surface area contributed by atoms with E-state index >= 15 is 0 Å². The minimum Gasteiger partial charge on any atom is -0.333 e. The van der Waals surface area contributed by atoms with E-state index in [9.17, 15) is 0 Å². The third-order valence-electron chi connectivity index (χ3n) is 4.76. The average Bonchev–Trinajstić information content (AvgIpc) is 3.19. The lowest BCUT2D eigenvalue weighted by Crippen LogP contribution is -2.12. The third-order valence-corrected chi connectivity index (χ3v) is 4.76. The molecular formula is C18H22N4. The summed E-state index contributed by atoms with van der Waals surface area (Å²) in [6.45, 7) is 10.6. The molecule has 0 N–H and O–H groups in total. The molecule has 0 saturated heterocycles. The summed E-state index contributed by atoms with van der Waals surface area (Å²) in [5.41, 5.74) is 8.34. The maximum absolute atomic E-state index is 4.16. The molecule has 0 aliphatic carbocycles. The molecule has 2 aromatic heterocycles. The summed E-state index contributed by atoms with van der Waals surface area (Å²) >= 11 is 0. The number of nitrogens with zero attached hydrogens (tertiary/aromatic N) is 4. The predicted octanol–water partition coefficient (Wildman–Crippen LogP) is 3.41. The van der Waals surface area contributed by atoms with Crippen molar-refractivity contribution in [2.45, 2.75) is 40.8 Å². The van der Waals surface area contributed by atoms with Gasteiger partial charge in [-0.15, -0.1) is 0 Å². The molecule has 22 heavy (non-hydrogen) atoms. The second kappa shape index (κ2) is 5.79. The van der Waals surface area contributed by atoms with Crippen LogP contribution < -0.4 is 0 Å². The normalized spacial score (nSPS) is 11.1. The molecule has 4 nitrogen and oxygen atoms in total. The van der Waals surface area contributed by atoms with Crippen LogP contribution in [0.2, 0.25) is 0 Å². The van der Waals surface area contributed by atoms with Gasteiger partial charge >= 0.3 is 0 Å². The summed E-state index contributed by atoms with van der Waals surface area (Å²) in [5.74, 6) is 0. The Bertz CT molecular complexity index is 701. The van der Waals surface area contributed by atoms with E-state index in [2.05, 4.69) is 46.8 Å². The Morgan fingerprint density at radius 2 is 1.09 bits per heavy atom. The van der Waals surface area contributed by atoms with Crippen LogP contribution in [-0.4, -0.2) is 19.1 Å². The fourth-order valence-corrected chi connectivity index (χ4v) is 3.02. The molecule has 1 aromatic carbocycles. The molecule has 3 aromatic rings. The standard InChI is InChI=1S/C18H22N4/c1-13-14(2)16(4)18(10-22-8-6-20-12-22)17(15(13)3)9-21-7-5-19-11-21/h5-8,11-12H,9-10H2,1-4H3. The molecule has 3 rings (SSSR count). The number of hydrogen-bond donors (Lipinski definition) is 0. The van der Waals surface area contributed by atoms with Crippen LogP contribution in [0.25, 0.3) is 0 Å². The van der Waals surface area contributed by atoms with Crippen molar-refractivity contribution >= 4 is 0 Å². The van der Waals surface area contributed by atoms with E-state index in [1.807, 2.05) is 37.4 Å². The average molecular weight is 294 g/mol. The van der Waals surface area contributed by atoms with Crippen LogP contribution in [0.3, 0.4) is 0 Å². The zero-order valence-electron chi connectivity index (χ0n) is 13.7. The van der Waals surface area contributed by atoms with E-state index in [4.69, 9.17) is 0 Å². The van der Waals surface area contributed by atoms with Gasteiger partial charge in [-0.2, -0.15) is 0 Å². The Hall–Kier alpha value is -2.36. The maximum Gasteiger partial charge on any atom is 0.0949 e. The lowest BCUT2D eigenvalue weighted by molar-refractivity contribution is 0.737. The third kappa shape index (κ3) is 2.56. The van der Waals surface area contributed by atoms with Crippen molar-refractivity contribution in [1.29, 1.82) is 0 Å². The van der Waals surface area contributed by atoms with Crippen LogP contribution in [0, 0.1) is 27.7 Å². The van der Waals surface area contributed by atoms with Crippen LogP contribution in [0.5, 0.6) is 0 Å². The van der Waals surface area contributed by atoms with Crippen LogP contribution in [0.1, 0.15) is 33.4 Å². The number of imidazole rings is 2. The highest BCUT2D eigenvalue weighted by atomic mass is 15.0. The first kappa shape index (κ1) is 14.6. The molecule has 2 heterocycles. The number of benzene rings is 1. The largest absolute Gasteiger partial charge is 0.333 e. The van der Waals surface area contributed by atoms with Crippen molar-refractivity contribution in [2.24, 2.45) is 0 Å². The van der Waals surface area contributed by atoms with Gasteiger partial charge in [0, 0.05) is 37.9 Å².